The highest BCUT2D eigenvalue weighted by Crippen LogP contribution is 2.40. The van der Waals surface area contributed by atoms with Gasteiger partial charge in [0.2, 0.25) is 0 Å². The van der Waals surface area contributed by atoms with Gasteiger partial charge in [0.15, 0.2) is 5.82 Å². The van der Waals surface area contributed by atoms with Crippen LogP contribution in [-0.4, -0.2) is 16.1 Å². The number of nitro groups is 1. The zero-order valence-corrected chi connectivity index (χ0v) is 14.2. The van der Waals surface area contributed by atoms with E-state index in [0.717, 1.165) is 42.7 Å². The molecule has 3 aromatic rings. The summed E-state index contributed by atoms with van der Waals surface area (Å²) in [5.74, 6) is 0.615. The highest BCUT2D eigenvalue weighted by atomic mass is 16.6. The lowest BCUT2D eigenvalue weighted by Gasteiger charge is -2.14. The van der Waals surface area contributed by atoms with Crippen LogP contribution in [0.15, 0.2) is 33.7 Å². The van der Waals surface area contributed by atoms with E-state index in [-0.39, 0.29) is 5.56 Å². The highest BCUT2D eigenvalue weighted by Gasteiger charge is 2.23. The van der Waals surface area contributed by atoms with Crippen LogP contribution in [0.1, 0.15) is 35.4 Å². The van der Waals surface area contributed by atoms with Gasteiger partial charge in [-0.3, -0.25) is 10.1 Å². The number of furan rings is 1. The maximum absolute atomic E-state index is 12.7. The Morgan fingerprint density at radius 1 is 1.31 bits per heavy atom. The minimum absolute atomic E-state index is 0.199. The van der Waals surface area contributed by atoms with Crippen molar-refractivity contribution in [2.75, 3.05) is 0 Å². The third-order valence-electron chi connectivity index (χ3n) is 4.61. The standard InChI is InChI=1S/C19H17N3O4/c1-11-5-4-8-17(21-11)20-10-13-18-12-6-2-3-7-15(12)26-16(18)9-14(19(13)23)22(24)25/h4-5,8-10,23H,2-3,6-7H2,1H3/p-1. The maximum atomic E-state index is 12.7. The van der Waals surface area contributed by atoms with E-state index >= 15 is 0 Å². The molecule has 4 rings (SSSR count). The van der Waals surface area contributed by atoms with Crippen LogP contribution < -0.4 is 5.11 Å². The van der Waals surface area contributed by atoms with Crippen molar-refractivity contribution in [3.63, 3.8) is 0 Å². The summed E-state index contributed by atoms with van der Waals surface area (Å²) in [7, 11) is 0. The number of rotatable bonds is 3. The number of pyridine rings is 1. The Morgan fingerprint density at radius 3 is 2.88 bits per heavy atom. The second-order valence-corrected chi connectivity index (χ2v) is 6.38. The summed E-state index contributed by atoms with van der Waals surface area (Å²) in [5, 5.41) is 24.6. The summed E-state index contributed by atoms with van der Waals surface area (Å²) >= 11 is 0. The summed E-state index contributed by atoms with van der Waals surface area (Å²) in [6, 6.07) is 6.61. The minimum atomic E-state index is -0.675. The second-order valence-electron chi connectivity index (χ2n) is 6.38. The quantitative estimate of drug-likeness (QED) is 0.406. The van der Waals surface area contributed by atoms with Gasteiger partial charge in [-0.1, -0.05) is 6.07 Å². The molecule has 0 aliphatic heterocycles. The molecule has 0 unspecified atom stereocenters. The molecule has 0 saturated heterocycles. The van der Waals surface area contributed by atoms with Crippen molar-refractivity contribution < 1.29 is 14.4 Å². The molecule has 0 saturated carbocycles. The van der Waals surface area contributed by atoms with Gasteiger partial charge in [0, 0.05) is 34.8 Å². The number of aliphatic imine (C=N–C) groups is 1. The zero-order chi connectivity index (χ0) is 18.3. The summed E-state index contributed by atoms with van der Waals surface area (Å²) in [5.41, 5.74) is 1.84. The SMILES string of the molecule is Cc1cccc(N=Cc2c([O-])c([N+](=O)[O-])cc3oc4c(c23)CCCC4)n1. The van der Waals surface area contributed by atoms with E-state index in [0.29, 0.717) is 16.8 Å². The molecule has 2 aromatic heterocycles. The lowest BCUT2D eigenvalue weighted by Crippen LogP contribution is -2.04. The van der Waals surface area contributed by atoms with Gasteiger partial charge < -0.3 is 9.52 Å². The first kappa shape index (κ1) is 16.3. The van der Waals surface area contributed by atoms with Crippen molar-refractivity contribution in [2.45, 2.75) is 32.6 Å². The lowest BCUT2D eigenvalue weighted by atomic mass is 9.93. The Balaban J connectivity index is 1.94. The molecule has 0 bridgehead atoms. The van der Waals surface area contributed by atoms with Crippen molar-refractivity contribution >= 4 is 28.7 Å². The average molecular weight is 350 g/mol. The fraction of sp³-hybridized carbons (Fsp3) is 0.263. The van der Waals surface area contributed by atoms with Gasteiger partial charge in [0.1, 0.15) is 11.3 Å². The van der Waals surface area contributed by atoms with Crippen LogP contribution in [0.4, 0.5) is 11.5 Å². The van der Waals surface area contributed by atoms with Gasteiger partial charge in [-0.15, -0.1) is 0 Å². The van der Waals surface area contributed by atoms with E-state index in [2.05, 4.69) is 9.98 Å². The topological polar surface area (TPSA) is 105 Å². The van der Waals surface area contributed by atoms with Crippen LogP contribution in [0.3, 0.4) is 0 Å². The largest absolute Gasteiger partial charge is 0.867 e. The van der Waals surface area contributed by atoms with Gasteiger partial charge in [-0.25, -0.2) is 9.98 Å². The Morgan fingerprint density at radius 2 is 2.12 bits per heavy atom. The maximum Gasteiger partial charge on any atom is 0.266 e. The van der Waals surface area contributed by atoms with Gasteiger partial charge in [0.25, 0.3) is 5.69 Å². The summed E-state index contributed by atoms with van der Waals surface area (Å²) in [4.78, 5) is 19.2. The number of nitrogens with zero attached hydrogens (tertiary/aromatic N) is 3. The van der Waals surface area contributed by atoms with Crippen LogP contribution in [0.2, 0.25) is 0 Å². The number of nitro benzene ring substituents is 1. The molecule has 1 aliphatic rings. The van der Waals surface area contributed by atoms with E-state index in [1.165, 1.54) is 12.3 Å². The summed E-state index contributed by atoms with van der Waals surface area (Å²) < 4.78 is 5.83. The van der Waals surface area contributed by atoms with E-state index in [1.807, 2.05) is 19.1 Å². The average Bonchev–Trinajstić information content (AvgIpc) is 2.99. The molecule has 0 fully saturated rings. The predicted molar refractivity (Wildman–Crippen MR) is 95.2 cm³/mol. The molecular weight excluding hydrogens is 334 g/mol. The number of aryl methyl sites for hydroxylation is 3. The number of benzene rings is 1. The normalized spacial score (nSPS) is 14.0. The van der Waals surface area contributed by atoms with Crippen molar-refractivity contribution in [3.8, 4) is 5.75 Å². The number of aromatic nitrogens is 1. The van der Waals surface area contributed by atoms with Crippen LogP contribution in [-0.2, 0) is 12.8 Å². The summed E-state index contributed by atoms with van der Waals surface area (Å²) in [6.07, 6.45) is 4.97. The molecule has 26 heavy (non-hydrogen) atoms. The van der Waals surface area contributed by atoms with E-state index < -0.39 is 16.4 Å². The third kappa shape index (κ3) is 2.71. The van der Waals surface area contributed by atoms with Crippen LogP contribution >= 0.6 is 0 Å². The molecule has 0 N–H and O–H groups in total. The van der Waals surface area contributed by atoms with Gasteiger partial charge in [0.05, 0.1) is 11.0 Å². The fourth-order valence-corrected chi connectivity index (χ4v) is 3.42. The lowest BCUT2D eigenvalue weighted by molar-refractivity contribution is -0.398. The first-order valence-corrected chi connectivity index (χ1v) is 8.45. The smallest absolute Gasteiger partial charge is 0.266 e. The van der Waals surface area contributed by atoms with Crippen molar-refractivity contribution in [1.82, 2.24) is 4.98 Å². The van der Waals surface area contributed by atoms with Crippen LogP contribution in [0.25, 0.3) is 11.0 Å². The molecule has 0 amide bonds. The first-order chi connectivity index (χ1) is 12.5. The second kappa shape index (κ2) is 6.25. The van der Waals surface area contributed by atoms with Crippen molar-refractivity contribution in [1.29, 1.82) is 0 Å². The molecule has 1 aliphatic carbocycles. The molecule has 1 aromatic carbocycles. The molecular formula is C19H16N3O4-. The molecule has 7 heteroatoms. The first-order valence-electron chi connectivity index (χ1n) is 8.45. The Bertz CT molecular complexity index is 1050. The molecule has 0 spiro atoms. The number of fused-ring (bicyclic) bond motifs is 3. The van der Waals surface area contributed by atoms with Gasteiger partial charge >= 0.3 is 0 Å². The molecule has 0 atom stereocenters. The van der Waals surface area contributed by atoms with Crippen LogP contribution in [0.5, 0.6) is 5.75 Å². The molecule has 7 nitrogen and oxygen atoms in total. The third-order valence-corrected chi connectivity index (χ3v) is 4.61. The van der Waals surface area contributed by atoms with Crippen LogP contribution in [0, 0.1) is 17.0 Å². The Kier molecular flexibility index (Phi) is 3.91. The van der Waals surface area contributed by atoms with Gasteiger partial charge in [-0.2, -0.15) is 0 Å². The molecule has 2 heterocycles. The Labute approximate surface area is 149 Å². The van der Waals surface area contributed by atoms with E-state index in [9.17, 15) is 15.2 Å². The predicted octanol–water partition coefficient (Wildman–Crippen LogP) is 3.75. The van der Waals surface area contributed by atoms with Gasteiger partial charge in [-0.05, 0) is 44.1 Å². The molecule has 132 valence electrons. The fourth-order valence-electron chi connectivity index (χ4n) is 3.42. The van der Waals surface area contributed by atoms with Crippen molar-refractivity contribution in [3.05, 3.63) is 57.0 Å². The zero-order valence-electron chi connectivity index (χ0n) is 14.2. The minimum Gasteiger partial charge on any atom is -0.867 e. The summed E-state index contributed by atoms with van der Waals surface area (Å²) in [6.45, 7) is 1.84. The Hall–Kier alpha value is -3.22. The van der Waals surface area contributed by atoms with E-state index in [4.69, 9.17) is 4.42 Å². The number of hydrogen-bond donors (Lipinski definition) is 0. The highest BCUT2D eigenvalue weighted by molar-refractivity contribution is 6.05. The van der Waals surface area contributed by atoms with E-state index in [1.54, 1.807) is 6.07 Å². The molecule has 0 radical (unpaired) electrons. The van der Waals surface area contributed by atoms with Crippen molar-refractivity contribution in [2.24, 2.45) is 4.99 Å². The number of hydrogen-bond acceptors (Lipinski definition) is 6. The monoisotopic (exact) mass is 350 g/mol.